The van der Waals surface area contributed by atoms with Gasteiger partial charge in [-0.15, -0.1) is 11.6 Å². The van der Waals surface area contributed by atoms with Gasteiger partial charge in [-0.3, -0.25) is 0 Å². The molecule has 3 atom stereocenters. The van der Waals surface area contributed by atoms with Crippen molar-refractivity contribution in [2.45, 2.75) is 56.4 Å². The average Bonchev–Trinajstić information content (AvgIpc) is 2.79. The smallest absolute Gasteiger partial charge is 0.0588 e. The van der Waals surface area contributed by atoms with E-state index in [-0.39, 0.29) is 0 Å². The van der Waals surface area contributed by atoms with E-state index < -0.39 is 0 Å². The van der Waals surface area contributed by atoms with Crippen molar-refractivity contribution in [3.8, 4) is 0 Å². The van der Waals surface area contributed by atoms with Gasteiger partial charge in [0.25, 0.3) is 0 Å². The summed E-state index contributed by atoms with van der Waals surface area (Å²) in [5.74, 6) is 0.694. The molecule has 2 fully saturated rings. The second-order valence-corrected chi connectivity index (χ2v) is 5.75. The third-order valence-corrected chi connectivity index (χ3v) is 4.46. The van der Waals surface area contributed by atoms with Crippen molar-refractivity contribution in [2.24, 2.45) is 5.92 Å². The third kappa shape index (κ3) is 3.90. The molecule has 2 nitrogen and oxygen atoms in total. The summed E-state index contributed by atoms with van der Waals surface area (Å²) in [7, 11) is 0. The molecule has 1 N–H and O–H groups in total. The molecule has 0 spiro atoms. The highest BCUT2D eigenvalue weighted by Crippen LogP contribution is 2.28. The summed E-state index contributed by atoms with van der Waals surface area (Å²) < 4.78 is 5.60. The fourth-order valence-electron chi connectivity index (χ4n) is 2.81. The zero-order valence-corrected chi connectivity index (χ0v) is 10.8. The number of ether oxygens (including phenoxy) is 1. The molecule has 16 heavy (non-hydrogen) atoms. The van der Waals surface area contributed by atoms with Crippen LogP contribution in [0, 0.1) is 5.92 Å². The van der Waals surface area contributed by atoms with Crippen molar-refractivity contribution < 1.29 is 4.74 Å². The molecule has 94 valence electrons. The van der Waals surface area contributed by atoms with E-state index in [1.165, 1.54) is 44.9 Å². The Morgan fingerprint density at radius 3 is 2.75 bits per heavy atom. The normalized spacial score (nSPS) is 35.4. The SMILES string of the molecule is ClC1CCCCC1CNCCC1CCCO1. The molecule has 1 heterocycles. The molecule has 0 aromatic rings. The van der Waals surface area contributed by atoms with E-state index in [2.05, 4.69) is 5.32 Å². The van der Waals surface area contributed by atoms with Crippen LogP contribution in [-0.4, -0.2) is 31.2 Å². The van der Waals surface area contributed by atoms with Crippen LogP contribution in [0.3, 0.4) is 0 Å². The first-order chi connectivity index (χ1) is 7.86. The molecule has 1 aliphatic carbocycles. The minimum absolute atomic E-state index is 0.406. The van der Waals surface area contributed by atoms with Crippen molar-refractivity contribution in [1.82, 2.24) is 5.32 Å². The topological polar surface area (TPSA) is 21.3 Å². The van der Waals surface area contributed by atoms with E-state index in [0.717, 1.165) is 19.7 Å². The molecule has 0 amide bonds. The summed E-state index contributed by atoms with van der Waals surface area (Å²) in [5, 5.41) is 3.95. The maximum atomic E-state index is 6.32. The number of hydrogen-bond acceptors (Lipinski definition) is 2. The average molecular weight is 246 g/mol. The van der Waals surface area contributed by atoms with Gasteiger partial charge in [0, 0.05) is 12.0 Å². The lowest BCUT2D eigenvalue weighted by molar-refractivity contribution is 0.104. The predicted octanol–water partition coefficient (Wildman–Crippen LogP) is 2.94. The Morgan fingerprint density at radius 1 is 1.12 bits per heavy atom. The maximum Gasteiger partial charge on any atom is 0.0588 e. The molecule has 2 aliphatic rings. The fraction of sp³-hybridized carbons (Fsp3) is 1.00. The van der Waals surface area contributed by atoms with Gasteiger partial charge in [-0.2, -0.15) is 0 Å². The van der Waals surface area contributed by atoms with Gasteiger partial charge in [0.05, 0.1) is 6.10 Å². The Morgan fingerprint density at radius 2 is 2.00 bits per heavy atom. The molecule has 1 saturated carbocycles. The molecule has 1 saturated heterocycles. The molecule has 0 radical (unpaired) electrons. The Kier molecular flexibility index (Phi) is 5.40. The molecule has 3 unspecified atom stereocenters. The van der Waals surface area contributed by atoms with Gasteiger partial charge in [0.15, 0.2) is 0 Å². The largest absolute Gasteiger partial charge is 0.378 e. The summed E-state index contributed by atoms with van der Waals surface area (Å²) in [6, 6.07) is 0. The minimum Gasteiger partial charge on any atom is -0.378 e. The van der Waals surface area contributed by atoms with Crippen molar-refractivity contribution in [1.29, 1.82) is 0 Å². The van der Waals surface area contributed by atoms with E-state index in [4.69, 9.17) is 16.3 Å². The van der Waals surface area contributed by atoms with Crippen LogP contribution in [0.15, 0.2) is 0 Å². The lowest BCUT2D eigenvalue weighted by Crippen LogP contribution is -2.32. The first kappa shape index (κ1) is 12.7. The quantitative estimate of drug-likeness (QED) is 0.594. The van der Waals surface area contributed by atoms with Crippen molar-refractivity contribution >= 4 is 11.6 Å². The van der Waals surface area contributed by atoms with Crippen molar-refractivity contribution in [3.05, 3.63) is 0 Å². The first-order valence-electron chi connectivity index (χ1n) is 6.82. The molecular weight excluding hydrogens is 222 g/mol. The Balaban J connectivity index is 1.53. The zero-order valence-electron chi connectivity index (χ0n) is 10.1. The van der Waals surface area contributed by atoms with Crippen molar-refractivity contribution in [2.75, 3.05) is 19.7 Å². The number of alkyl halides is 1. The highest BCUT2D eigenvalue weighted by molar-refractivity contribution is 6.20. The number of halogens is 1. The lowest BCUT2D eigenvalue weighted by atomic mass is 9.89. The molecule has 0 aromatic heterocycles. The highest BCUT2D eigenvalue weighted by Gasteiger charge is 2.22. The van der Waals surface area contributed by atoms with Gasteiger partial charge in [-0.05, 0) is 51.1 Å². The second-order valence-electron chi connectivity index (χ2n) is 5.19. The van der Waals surface area contributed by atoms with Gasteiger partial charge in [-0.1, -0.05) is 12.8 Å². The van der Waals surface area contributed by atoms with Crippen LogP contribution in [0.2, 0.25) is 0 Å². The van der Waals surface area contributed by atoms with E-state index in [1.54, 1.807) is 0 Å². The van der Waals surface area contributed by atoms with Crippen LogP contribution in [0.5, 0.6) is 0 Å². The number of nitrogens with one attached hydrogen (secondary N) is 1. The standard InChI is InChI=1S/C13H24ClNO/c14-13-6-2-1-4-11(13)10-15-8-7-12-5-3-9-16-12/h11-13,15H,1-10H2. The lowest BCUT2D eigenvalue weighted by Gasteiger charge is -2.27. The van der Waals surface area contributed by atoms with Crippen molar-refractivity contribution in [3.63, 3.8) is 0 Å². The summed E-state index contributed by atoms with van der Waals surface area (Å²) in [6.45, 7) is 3.16. The Bertz CT molecular complexity index is 194. The Hall–Kier alpha value is 0.210. The monoisotopic (exact) mass is 245 g/mol. The van der Waals surface area contributed by atoms with E-state index in [0.29, 0.717) is 17.4 Å². The summed E-state index contributed by atoms with van der Waals surface area (Å²) in [6.07, 6.45) is 9.38. The predicted molar refractivity (Wildman–Crippen MR) is 68.1 cm³/mol. The van der Waals surface area contributed by atoms with Gasteiger partial charge >= 0.3 is 0 Å². The van der Waals surface area contributed by atoms with Gasteiger partial charge in [0.2, 0.25) is 0 Å². The molecule has 1 aliphatic heterocycles. The molecular formula is C13H24ClNO. The van der Waals surface area contributed by atoms with Crippen LogP contribution in [-0.2, 0) is 4.74 Å². The minimum atomic E-state index is 0.406. The summed E-state index contributed by atoms with van der Waals surface area (Å²) in [4.78, 5) is 0. The third-order valence-electron chi connectivity index (χ3n) is 3.89. The molecule has 3 heteroatoms. The van der Waals surface area contributed by atoms with E-state index >= 15 is 0 Å². The summed E-state index contributed by atoms with van der Waals surface area (Å²) >= 11 is 6.32. The van der Waals surface area contributed by atoms with Crippen LogP contribution < -0.4 is 5.32 Å². The summed E-state index contributed by atoms with van der Waals surface area (Å²) in [5.41, 5.74) is 0. The van der Waals surface area contributed by atoms with Crippen LogP contribution in [0.1, 0.15) is 44.9 Å². The fourth-order valence-corrected chi connectivity index (χ4v) is 3.18. The van der Waals surface area contributed by atoms with E-state index in [9.17, 15) is 0 Å². The number of hydrogen-bond donors (Lipinski definition) is 1. The van der Waals surface area contributed by atoms with Crippen LogP contribution in [0.25, 0.3) is 0 Å². The Labute approximate surface area is 104 Å². The van der Waals surface area contributed by atoms with Gasteiger partial charge < -0.3 is 10.1 Å². The van der Waals surface area contributed by atoms with Gasteiger partial charge in [0.1, 0.15) is 0 Å². The van der Waals surface area contributed by atoms with Crippen LogP contribution >= 0.6 is 11.6 Å². The first-order valence-corrected chi connectivity index (χ1v) is 7.26. The second kappa shape index (κ2) is 6.83. The van der Waals surface area contributed by atoms with Crippen LogP contribution in [0.4, 0.5) is 0 Å². The molecule has 2 rings (SSSR count). The highest BCUT2D eigenvalue weighted by atomic mass is 35.5. The maximum absolute atomic E-state index is 6.32. The van der Waals surface area contributed by atoms with Gasteiger partial charge in [-0.25, -0.2) is 0 Å². The van der Waals surface area contributed by atoms with E-state index in [1.807, 2.05) is 0 Å². The molecule has 0 aromatic carbocycles. The zero-order chi connectivity index (χ0) is 11.2. The number of rotatable bonds is 5. The molecule has 0 bridgehead atoms.